The zero-order valence-corrected chi connectivity index (χ0v) is 91.2. The van der Waals surface area contributed by atoms with Crippen LogP contribution in [0.25, 0.3) is 94.5 Å². The van der Waals surface area contributed by atoms with E-state index in [9.17, 15) is 4.57 Å². The van der Waals surface area contributed by atoms with Crippen molar-refractivity contribution in [1.82, 2.24) is 29.0 Å². The molecule has 733 valence electrons. The number of para-hydroxylation sites is 11. The molecule has 0 bridgehead atoms. The number of anilines is 10. The van der Waals surface area contributed by atoms with Crippen LogP contribution in [-0.2, 0) is 70.3 Å². The Hall–Kier alpha value is -14.7. The van der Waals surface area contributed by atoms with Crippen LogP contribution in [0, 0.1) is 76.9 Å². The fourth-order valence-electron chi connectivity index (χ4n) is 20.6. The molecule has 8 heterocycles. The van der Waals surface area contributed by atoms with Gasteiger partial charge in [-0.3, -0.25) is 9.36 Å². The van der Waals surface area contributed by atoms with Crippen LogP contribution in [0.2, 0.25) is 0 Å². The van der Waals surface area contributed by atoms with E-state index in [4.69, 9.17) is 0 Å². The number of benzene rings is 17. The second-order valence-electron chi connectivity index (χ2n) is 36.9. The maximum atomic E-state index is 14.7. The van der Waals surface area contributed by atoms with Gasteiger partial charge in [-0.1, -0.05) is 256 Å². The summed E-state index contributed by atoms with van der Waals surface area (Å²) in [5.74, 6) is 0. The van der Waals surface area contributed by atoms with Gasteiger partial charge in [0.25, 0.3) is 0 Å². The zero-order valence-electron chi connectivity index (χ0n) is 83.1. The van der Waals surface area contributed by atoms with Gasteiger partial charge < -0.3 is 48.3 Å². The van der Waals surface area contributed by atoms with Crippen molar-refractivity contribution >= 4 is 102 Å². The van der Waals surface area contributed by atoms with Crippen LogP contribution < -0.4 is 50.2 Å². The van der Waals surface area contributed by atoms with E-state index in [1.165, 1.54) is 134 Å². The van der Waals surface area contributed by atoms with E-state index in [-0.39, 0.29) is 65.7 Å². The normalized spacial score (nSPS) is 14.1. The summed E-state index contributed by atoms with van der Waals surface area (Å²) in [4.78, 5) is 17.0. The molecule has 1 aliphatic carbocycles. The van der Waals surface area contributed by atoms with Gasteiger partial charge in [0.05, 0.1) is 16.7 Å². The van der Waals surface area contributed by atoms with E-state index in [1.807, 2.05) is 188 Å². The van der Waals surface area contributed by atoms with Crippen molar-refractivity contribution in [1.29, 1.82) is 0 Å². The summed E-state index contributed by atoms with van der Waals surface area (Å²) in [6, 6.07) is 159. The summed E-state index contributed by atoms with van der Waals surface area (Å²) in [6.45, 7) is 17.0. The number of aromatic nitrogens is 5. The van der Waals surface area contributed by atoms with Gasteiger partial charge in [-0.15, -0.1) is 69.8 Å². The number of unbranched alkanes of at least 4 members (excludes halogenated alkanes) is 2. The second-order valence-corrected chi connectivity index (χ2v) is 39.6. The first-order valence-corrected chi connectivity index (χ1v) is 51.0. The molecule has 0 saturated heterocycles. The quantitative estimate of drug-likeness (QED) is 0.0646. The molecule has 17 aromatic carbocycles. The van der Waals surface area contributed by atoms with Crippen LogP contribution in [0.4, 0.5) is 56.9 Å². The summed E-state index contributed by atoms with van der Waals surface area (Å²) in [5.41, 5.74) is 34.3. The first kappa shape index (κ1) is 102. The van der Waals surface area contributed by atoms with E-state index < -0.39 is 7.14 Å². The van der Waals surface area contributed by atoms with Crippen LogP contribution >= 0.6 is 7.14 Å². The Balaban J connectivity index is 0.000000121. The van der Waals surface area contributed by atoms with Crippen LogP contribution in [0.15, 0.2) is 425 Å². The third-order valence-corrected chi connectivity index (χ3v) is 30.7. The van der Waals surface area contributed by atoms with E-state index in [1.54, 1.807) is 16.4 Å². The van der Waals surface area contributed by atoms with E-state index in [0.717, 1.165) is 89.2 Å². The smallest absolute Gasteiger partial charge is 0.510 e. The minimum atomic E-state index is -2.92. The van der Waals surface area contributed by atoms with Gasteiger partial charge in [0.2, 0.25) is 0 Å². The van der Waals surface area contributed by atoms with Crippen molar-refractivity contribution in [3.05, 3.63) is 511 Å². The maximum Gasteiger partial charge on any atom is 3.00 e. The number of nitrogens with zero attached hydrogens (tertiary/aromatic N) is 13. The molecule has 0 saturated carbocycles. The van der Waals surface area contributed by atoms with E-state index in [0.29, 0.717) is 0 Å². The monoisotopic (exact) mass is 2470 g/mol. The minimum absolute atomic E-state index is 0. The Morgan fingerprint density at radius 2 is 0.810 bits per heavy atom. The zero-order chi connectivity index (χ0) is 98.2. The summed E-state index contributed by atoms with van der Waals surface area (Å²) in [5, 5.41) is 13.7. The molecule has 14 nitrogen and oxygen atoms in total. The molecule has 5 aliphatic heterocycles. The molecule has 3 aromatic heterocycles. The van der Waals surface area contributed by atoms with Gasteiger partial charge in [-0.2, -0.15) is 170 Å². The average molecular weight is 2470 g/mol. The Morgan fingerprint density at radius 3 is 1.33 bits per heavy atom. The van der Waals surface area contributed by atoms with Crippen molar-refractivity contribution < 1.29 is 64.9 Å². The van der Waals surface area contributed by atoms with Crippen LogP contribution in [-0.4, -0.2) is 57.2 Å². The third kappa shape index (κ3) is 20.9. The van der Waals surface area contributed by atoms with Gasteiger partial charge in [0.15, 0.2) is 7.14 Å². The molecule has 0 N–H and O–H groups in total. The molecule has 0 spiro atoms. The second kappa shape index (κ2) is 45.9. The van der Waals surface area contributed by atoms with Crippen molar-refractivity contribution in [2.45, 2.75) is 71.6 Å². The molecular weight excluding hydrogens is 2360 g/mol. The van der Waals surface area contributed by atoms with Gasteiger partial charge in [-0.25, -0.2) is 0 Å². The predicted octanol–water partition coefficient (Wildman–Crippen LogP) is 29.7. The summed E-state index contributed by atoms with van der Waals surface area (Å²) < 4.78 is 20.7. The largest absolute Gasteiger partial charge is 3.00 e. The minimum Gasteiger partial charge on any atom is -0.510 e. The topological polar surface area (TPSA) is 83.6 Å². The molecule has 147 heavy (non-hydrogen) atoms. The van der Waals surface area contributed by atoms with Crippen LogP contribution in [0.5, 0.6) is 0 Å². The van der Waals surface area contributed by atoms with Crippen LogP contribution in [0.1, 0.15) is 74.9 Å². The Morgan fingerprint density at radius 1 is 0.361 bits per heavy atom. The molecule has 1 unspecified atom stereocenters. The average Bonchev–Trinajstić information content (AvgIpc) is 1.55. The number of fused-ring (bicyclic) bond motifs is 12. The molecule has 1 atom stereocenters. The molecule has 6 aliphatic rings. The Kier molecular flexibility index (Phi) is 32.0. The SMILES string of the molecule is CCCCC1(CCCC)c2ccccc2-c2ccc(-c3c[c-]c(N4[CH-]N(C)c5ccccc54)cc3)cc21.CN1C=CN(c2[c-]cc(-c3ccc4c(c3)P(=O)(c3ccccc3)c3ccccc3-4)cc2)[CH-]1.CN1[CH-]N(c2[c-]cc(-c3ccc4c5ccccc5n(-c5ccccc5)c4c3)cc2)c2ccccc21.CN1[CH-]N(c2[c-]cccc2)c2ccccc21.Cc1cc(C)n(-c2[c-]cccc2)n1.[Ir+3].[Ir+3].[Ir].[c-]1ccccc1-n1cccn1. The Labute approximate surface area is 905 Å². The molecule has 0 amide bonds. The first-order chi connectivity index (χ1) is 70.7. The summed E-state index contributed by atoms with van der Waals surface area (Å²) in [7, 11) is 5.31. The number of rotatable bonds is 17. The number of hydrogen-bond acceptors (Lipinski definition) is 11. The molecule has 1 radical (unpaired) electrons. The fourth-order valence-corrected chi connectivity index (χ4v) is 23.6. The first-order valence-electron chi connectivity index (χ1n) is 49.3. The van der Waals surface area contributed by atoms with Crippen molar-refractivity contribution in [2.24, 2.45) is 0 Å². The number of aryl methyl sites for hydroxylation is 2. The standard InChI is InChI=1S/C35H36N2.C32H23N3.C28H21N2OP.C14H12N2.C11H11N2.C9H7N2.3Ir/c1-4-6-22-35(23-7-5-2)31-13-9-8-12-29(31)30-21-18-27(24-32(30)35)26-16-19-28(20-17-26)37-25-36(3)33-14-10-11-15-34(33)37;1-33-22-34(31-14-8-7-13-30(31)33)25-18-15-23(16-19-25)24-17-20-28-27-11-5-6-12-29(27)35(32(28)21-24)26-9-3-2-4-10-26;1-29-17-18-30(20-29)23-14-11-21(12-15-23)22-13-16-26-25-9-5-6-10-27(25)32(31,28(26)19-22)24-7-3-2-4-8-24;1-15-11-16(12-7-3-2-4-8-12)14-10-6-5-9-13(14)15;1-9-8-10(2)13(12-9)11-6-4-3-5-7-11;1-2-5-9(6-3-1)11-8-4-7-10-11;;;/h8-19,21,24-25H,4-7,22-23H2,1-3H3;2-18,20-22H,1H3;2-14,16-20H,1H3;2-7,9-11H,1H3;3-6,8H,1-2H3;1-5,7-8H;;;/q4*-2;2*-1;;2*+3. The summed E-state index contributed by atoms with van der Waals surface area (Å²) >= 11 is 0. The van der Waals surface area contributed by atoms with Gasteiger partial charge >= 0.3 is 40.2 Å². The van der Waals surface area contributed by atoms with Gasteiger partial charge in [0.1, 0.15) is 0 Å². The molecular formula is C129H110Ir3N13OP-4. The van der Waals surface area contributed by atoms with Gasteiger partial charge in [0, 0.05) is 110 Å². The predicted molar refractivity (Wildman–Crippen MR) is 597 cm³/mol. The molecule has 0 fully saturated rings. The fraction of sp³-hybridized carbons (Fsp3) is 0.116. The maximum absolute atomic E-state index is 14.7. The molecule has 26 rings (SSSR count). The summed E-state index contributed by atoms with van der Waals surface area (Å²) in [6.07, 6.45) is 15.1. The van der Waals surface area contributed by atoms with Crippen molar-refractivity contribution in [3.8, 4) is 72.7 Å². The van der Waals surface area contributed by atoms with Crippen molar-refractivity contribution in [3.63, 3.8) is 0 Å². The van der Waals surface area contributed by atoms with E-state index >= 15 is 0 Å². The van der Waals surface area contributed by atoms with Gasteiger partial charge in [-0.05, 0) is 185 Å². The molecule has 18 heteroatoms. The van der Waals surface area contributed by atoms with Crippen LogP contribution in [0.3, 0.4) is 0 Å². The van der Waals surface area contributed by atoms with Crippen molar-refractivity contribution in [2.75, 3.05) is 62.5 Å². The van der Waals surface area contributed by atoms with E-state index in [2.05, 4.69) is 409 Å². The number of hydrogen-bond donors (Lipinski definition) is 0. The Bertz CT molecular complexity index is 7960. The third-order valence-electron chi connectivity index (χ3n) is 27.6. The molecule has 20 aromatic rings.